The maximum absolute atomic E-state index is 12.1. The van der Waals surface area contributed by atoms with Gasteiger partial charge in [-0.2, -0.15) is 5.10 Å². The monoisotopic (exact) mass is 316 g/mol. The second kappa shape index (κ2) is 7.09. The number of nitrogens with zero attached hydrogens (tertiary/aromatic N) is 1. The summed E-state index contributed by atoms with van der Waals surface area (Å²) in [5, 5.41) is 14.3. The van der Waals surface area contributed by atoms with Crippen LogP contribution in [0.3, 0.4) is 0 Å². The van der Waals surface area contributed by atoms with Gasteiger partial charge in [-0.3, -0.25) is 4.79 Å². The zero-order chi connectivity index (χ0) is 16.1. The lowest BCUT2D eigenvalue weighted by Gasteiger charge is -2.11. The first kappa shape index (κ1) is 16.0. The van der Waals surface area contributed by atoms with E-state index in [4.69, 9.17) is 11.6 Å². The van der Waals surface area contributed by atoms with Gasteiger partial charge in [-0.05, 0) is 29.7 Å². The number of phenols is 1. The third-order valence-corrected chi connectivity index (χ3v) is 3.33. The van der Waals surface area contributed by atoms with Crippen molar-refractivity contribution in [1.29, 1.82) is 0 Å². The second-order valence-electron chi connectivity index (χ2n) is 5.12. The molecule has 0 radical (unpaired) electrons. The van der Waals surface area contributed by atoms with Crippen molar-refractivity contribution in [2.24, 2.45) is 11.0 Å². The molecule has 0 aliphatic heterocycles. The predicted octanol–water partition coefficient (Wildman–Crippen LogP) is 3.84. The highest BCUT2D eigenvalue weighted by Gasteiger charge is 2.13. The first-order valence-electron chi connectivity index (χ1n) is 6.91. The van der Waals surface area contributed by atoms with Gasteiger partial charge in [0.05, 0.1) is 11.3 Å². The zero-order valence-corrected chi connectivity index (χ0v) is 13.1. The Balaban J connectivity index is 2.24. The molecular weight excluding hydrogens is 300 g/mol. The summed E-state index contributed by atoms with van der Waals surface area (Å²) in [5.74, 6) is -0.507. The van der Waals surface area contributed by atoms with Crippen LogP contribution in [0.1, 0.15) is 29.8 Å². The summed E-state index contributed by atoms with van der Waals surface area (Å²) in [6.45, 7) is 3.99. The Morgan fingerprint density at radius 1 is 1.18 bits per heavy atom. The van der Waals surface area contributed by atoms with E-state index in [0.29, 0.717) is 5.02 Å². The van der Waals surface area contributed by atoms with Crippen LogP contribution in [-0.2, 0) is 0 Å². The minimum atomic E-state index is -0.505. The van der Waals surface area contributed by atoms with Crippen LogP contribution in [0.25, 0.3) is 0 Å². The molecule has 5 heteroatoms. The minimum absolute atomic E-state index is 0.0902. The molecule has 2 rings (SSSR count). The highest BCUT2D eigenvalue weighted by molar-refractivity contribution is 6.31. The van der Waals surface area contributed by atoms with E-state index < -0.39 is 5.91 Å². The van der Waals surface area contributed by atoms with E-state index in [1.165, 1.54) is 18.2 Å². The molecule has 1 amide bonds. The van der Waals surface area contributed by atoms with Crippen molar-refractivity contribution in [1.82, 2.24) is 5.43 Å². The molecule has 4 nitrogen and oxygen atoms in total. The third-order valence-electron chi connectivity index (χ3n) is 3.10. The molecule has 0 bridgehead atoms. The number of phenolic OH excluding ortho intramolecular Hbond substituents is 1. The SMILES string of the molecule is CC(C)/C(=N\NC(=O)c1cc(Cl)ccc1O)c1ccccc1. The van der Waals surface area contributed by atoms with Crippen molar-refractivity contribution in [3.05, 3.63) is 64.7 Å². The number of nitrogens with one attached hydrogen (secondary N) is 1. The fraction of sp³-hybridized carbons (Fsp3) is 0.176. The zero-order valence-electron chi connectivity index (χ0n) is 12.4. The average Bonchev–Trinajstić information content (AvgIpc) is 2.50. The van der Waals surface area contributed by atoms with Crippen molar-refractivity contribution in [3.63, 3.8) is 0 Å². The normalized spacial score (nSPS) is 11.5. The van der Waals surface area contributed by atoms with Gasteiger partial charge in [0.25, 0.3) is 5.91 Å². The molecule has 0 saturated carbocycles. The summed E-state index contributed by atoms with van der Waals surface area (Å²) in [4.78, 5) is 12.1. The molecule has 0 heterocycles. The Morgan fingerprint density at radius 3 is 2.50 bits per heavy atom. The number of hydrogen-bond acceptors (Lipinski definition) is 3. The van der Waals surface area contributed by atoms with Gasteiger partial charge in [0, 0.05) is 5.02 Å². The van der Waals surface area contributed by atoms with Crippen LogP contribution in [0.15, 0.2) is 53.6 Å². The van der Waals surface area contributed by atoms with Crippen molar-refractivity contribution < 1.29 is 9.90 Å². The van der Waals surface area contributed by atoms with Crippen molar-refractivity contribution in [2.45, 2.75) is 13.8 Å². The summed E-state index contributed by atoms with van der Waals surface area (Å²) in [5.41, 5.74) is 4.27. The number of hydrazone groups is 1. The van der Waals surface area contributed by atoms with E-state index in [1.807, 2.05) is 44.2 Å². The average molecular weight is 317 g/mol. The van der Waals surface area contributed by atoms with Gasteiger partial charge in [-0.1, -0.05) is 55.8 Å². The number of carbonyl (C=O) groups excluding carboxylic acids is 1. The summed E-state index contributed by atoms with van der Waals surface area (Å²) in [7, 11) is 0. The number of hydrogen-bond donors (Lipinski definition) is 2. The molecule has 0 aliphatic carbocycles. The van der Waals surface area contributed by atoms with Crippen LogP contribution in [0.2, 0.25) is 5.02 Å². The summed E-state index contributed by atoms with van der Waals surface area (Å²) in [6, 6.07) is 13.9. The number of aromatic hydroxyl groups is 1. The molecule has 0 aromatic heterocycles. The second-order valence-corrected chi connectivity index (χ2v) is 5.56. The highest BCUT2D eigenvalue weighted by Crippen LogP contribution is 2.21. The molecule has 0 spiro atoms. The van der Waals surface area contributed by atoms with Crippen LogP contribution >= 0.6 is 11.6 Å². The lowest BCUT2D eigenvalue weighted by Crippen LogP contribution is -2.22. The number of amides is 1. The molecule has 2 aromatic carbocycles. The molecule has 2 N–H and O–H groups in total. The molecular formula is C17H17ClN2O2. The Morgan fingerprint density at radius 2 is 1.86 bits per heavy atom. The first-order chi connectivity index (χ1) is 10.5. The quantitative estimate of drug-likeness (QED) is 0.665. The molecule has 22 heavy (non-hydrogen) atoms. The Hall–Kier alpha value is -2.33. The number of rotatable bonds is 4. The number of benzene rings is 2. The Bertz CT molecular complexity index is 697. The van der Waals surface area contributed by atoms with E-state index in [2.05, 4.69) is 10.5 Å². The van der Waals surface area contributed by atoms with Crippen LogP contribution in [0.5, 0.6) is 5.75 Å². The smallest absolute Gasteiger partial charge is 0.275 e. The standard InChI is InChI=1S/C17H17ClN2O2/c1-11(2)16(12-6-4-3-5-7-12)19-20-17(22)14-10-13(18)8-9-15(14)21/h3-11,21H,1-2H3,(H,20,22)/b19-16+. The third kappa shape index (κ3) is 3.86. The van der Waals surface area contributed by atoms with Gasteiger partial charge >= 0.3 is 0 Å². The Labute approximate surface area is 134 Å². The van der Waals surface area contributed by atoms with Gasteiger partial charge in [0.1, 0.15) is 5.75 Å². The maximum atomic E-state index is 12.1. The largest absolute Gasteiger partial charge is 0.507 e. The fourth-order valence-electron chi connectivity index (χ4n) is 2.00. The Kier molecular flexibility index (Phi) is 5.17. The van der Waals surface area contributed by atoms with Gasteiger partial charge in [0.15, 0.2) is 0 Å². The van der Waals surface area contributed by atoms with E-state index in [9.17, 15) is 9.90 Å². The molecule has 0 saturated heterocycles. The van der Waals surface area contributed by atoms with Crippen LogP contribution < -0.4 is 5.43 Å². The predicted molar refractivity (Wildman–Crippen MR) is 88.4 cm³/mol. The van der Waals surface area contributed by atoms with Gasteiger partial charge in [-0.15, -0.1) is 0 Å². The van der Waals surface area contributed by atoms with Crippen molar-refractivity contribution in [3.8, 4) is 5.75 Å². The van der Waals surface area contributed by atoms with Crippen LogP contribution in [0, 0.1) is 5.92 Å². The van der Waals surface area contributed by atoms with E-state index in [0.717, 1.165) is 11.3 Å². The van der Waals surface area contributed by atoms with E-state index >= 15 is 0 Å². The summed E-state index contributed by atoms with van der Waals surface area (Å²) in [6.07, 6.45) is 0. The van der Waals surface area contributed by atoms with Crippen LogP contribution in [-0.4, -0.2) is 16.7 Å². The molecule has 0 unspecified atom stereocenters. The van der Waals surface area contributed by atoms with E-state index in [1.54, 1.807) is 0 Å². The topological polar surface area (TPSA) is 61.7 Å². The number of halogens is 1. The molecule has 2 aromatic rings. The molecule has 114 valence electrons. The molecule has 0 fully saturated rings. The number of carbonyl (C=O) groups is 1. The van der Waals surface area contributed by atoms with Gasteiger partial charge < -0.3 is 5.11 Å². The minimum Gasteiger partial charge on any atom is -0.507 e. The molecule has 0 aliphatic rings. The van der Waals surface area contributed by atoms with E-state index in [-0.39, 0.29) is 17.2 Å². The van der Waals surface area contributed by atoms with Crippen molar-refractivity contribution in [2.75, 3.05) is 0 Å². The summed E-state index contributed by atoms with van der Waals surface area (Å²) < 4.78 is 0. The fourth-order valence-corrected chi connectivity index (χ4v) is 2.17. The lowest BCUT2D eigenvalue weighted by molar-refractivity contribution is 0.0952. The molecule has 0 atom stereocenters. The van der Waals surface area contributed by atoms with Crippen LogP contribution in [0.4, 0.5) is 0 Å². The summed E-state index contributed by atoms with van der Waals surface area (Å²) >= 11 is 5.84. The van der Waals surface area contributed by atoms with Gasteiger partial charge in [0.2, 0.25) is 0 Å². The van der Waals surface area contributed by atoms with Crippen molar-refractivity contribution >= 4 is 23.2 Å². The lowest BCUT2D eigenvalue weighted by atomic mass is 10.0. The highest BCUT2D eigenvalue weighted by atomic mass is 35.5. The first-order valence-corrected chi connectivity index (χ1v) is 7.28. The maximum Gasteiger partial charge on any atom is 0.275 e. The van der Waals surface area contributed by atoms with Gasteiger partial charge in [-0.25, -0.2) is 5.43 Å².